The molecule has 0 aromatic heterocycles. The predicted molar refractivity (Wildman–Crippen MR) is 105 cm³/mol. The summed E-state index contributed by atoms with van der Waals surface area (Å²) >= 11 is 5.96. The summed E-state index contributed by atoms with van der Waals surface area (Å²) in [5, 5.41) is 4.82. The van der Waals surface area contributed by atoms with Crippen LogP contribution in [-0.4, -0.2) is 25.1 Å². The highest BCUT2D eigenvalue weighted by molar-refractivity contribution is 6.31. The van der Waals surface area contributed by atoms with Gasteiger partial charge in [0, 0.05) is 5.02 Å². The fourth-order valence-corrected chi connectivity index (χ4v) is 2.87. The number of ether oxygens (including phenoxy) is 2. The van der Waals surface area contributed by atoms with Crippen molar-refractivity contribution in [1.82, 2.24) is 0 Å². The number of methoxy groups -OCH3 is 1. The van der Waals surface area contributed by atoms with Gasteiger partial charge in [-0.05, 0) is 42.0 Å². The van der Waals surface area contributed by atoms with Crippen LogP contribution in [0.4, 0.5) is 5.69 Å². The zero-order valence-electron chi connectivity index (χ0n) is 14.9. The van der Waals surface area contributed by atoms with Crippen molar-refractivity contribution in [3.05, 3.63) is 71.2 Å². The summed E-state index contributed by atoms with van der Waals surface area (Å²) in [4.78, 5) is 25.0. The zero-order chi connectivity index (χ0) is 19.4. The third-order valence-electron chi connectivity index (χ3n) is 4.08. The molecule has 0 radical (unpaired) electrons. The van der Waals surface area contributed by atoms with Crippen molar-refractivity contribution < 1.29 is 19.1 Å². The number of carbonyl (C=O) groups is 2. The Morgan fingerprint density at radius 2 is 1.78 bits per heavy atom. The molecule has 0 spiro atoms. The Morgan fingerprint density at radius 3 is 2.56 bits per heavy atom. The molecule has 1 atom stereocenters. The Labute approximate surface area is 161 Å². The predicted octanol–water partition coefficient (Wildman–Crippen LogP) is 4.69. The second kappa shape index (κ2) is 8.10. The summed E-state index contributed by atoms with van der Waals surface area (Å²) < 4.78 is 10.6. The van der Waals surface area contributed by atoms with Gasteiger partial charge in [0.2, 0.25) is 0 Å². The van der Waals surface area contributed by atoms with Crippen LogP contribution >= 0.6 is 11.6 Å². The lowest BCUT2D eigenvalue weighted by Crippen LogP contribution is -2.30. The lowest BCUT2D eigenvalue weighted by molar-refractivity contribution is -0.123. The molecule has 0 bridgehead atoms. The van der Waals surface area contributed by atoms with E-state index in [0.29, 0.717) is 22.0 Å². The Morgan fingerprint density at radius 1 is 1.04 bits per heavy atom. The first-order valence-electron chi connectivity index (χ1n) is 8.32. The molecule has 5 nitrogen and oxygen atoms in total. The van der Waals surface area contributed by atoms with Crippen molar-refractivity contribution in [3.8, 4) is 5.75 Å². The molecule has 0 aliphatic heterocycles. The Hall–Kier alpha value is -3.05. The van der Waals surface area contributed by atoms with Gasteiger partial charge >= 0.3 is 5.97 Å². The lowest BCUT2D eigenvalue weighted by atomic mass is 10.0. The summed E-state index contributed by atoms with van der Waals surface area (Å²) in [7, 11) is 1.49. The third kappa shape index (κ3) is 4.20. The molecule has 27 heavy (non-hydrogen) atoms. The summed E-state index contributed by atoms with van der Waals surface area (Å²) in [6.07, 6.45) is -1.000. The minimum atomic E-state index is -1.000. The molecule has 0 saturated carbocycles. The van der Waals surface area contributed by atoms with Gasteiger partial charge in [-0.25, -0.2) is 4.79 Å². The maximum atomic E-state index is 12.6. The molecule has 3 rings (SSSR count). The van der Waals surface area contributed by atoms with Crippen LogP contribution in [0.5, 0.6) is 5.75 Å². The minimum absolute atomic E-state index is 0.406. The van der Waals surface area contributed by atoms with Crippen LogP contribution in [0.15, 0.2) is 60.7 Å². The van der Waals surface area contributed by atoms with E-state index in [4.69, 9.17) is 21.1 Å². The average molecular weight is 384 g/mol. The van der Waals surface area contributed by atoms with Gasteiger partial charge in [0.15, 0.2) is 6.10 Å². The average Bonchev–Trinajstić information content (AvgIpc) is 2.67. The van der Waals surface area contributed by atoms with Crippen LogP contribution in [0.3, 0.4) is 0 Å². The van der Waals surface area contributed by atoms with Crippen LogP contribution in [0.25, 0.3) is 10.8 Å². The molecule has 0 aliphatic rings. The van der Waals surface area contributed by atoms with Crippen LogP contribution in [0.1, 0.15) is 17.3 Å². The first-order valence-corrected chi connectivity index (χ1v) is 8.70. The van der Waals surface area contributed by atoms with E-state index in [-0.39, 0.29) is 0 Å². The Balaban J connectivity index is 1.74. The molecular weight excluding hydrogens is 366 g/mol. The maximum Gasteiger partial charge on any atom is 0.339 e. The van der Waals surface area contributed by atoms with E-state index in [1.165, 1.54) is 14.0 Å². The third-order valence-corrected chi connectivity index (χ3v) is 4.32. The van der Waals surface area contributed by atoms with Gasteiger partial charge in [-0.2, -0.15) is 0 Å². The number of amides is 1. The lowest BCUT2D eigenvalue weighted by Gasteiger charge is -2.16. The van der Waals surface area contributed by atoms with Gasteiger partial charge in [0.05, 0.1) is 18.4 Å². The SMILES string of the molecule is COc1ccc(Cl)cc1NC(=O)[C@@H](C)OC(=O)c1cccc2ccccc12. The van der Waals surface area contributed by atoms with Crippen molar-refractivity contribution in [3.63, 3.8) is 0 Å². The summed E-state index contributed by atoms with van der Waals surface area (Å²) in [5.41, 5.74) is 0.816. The molecule has 6 heteroatoms. The molecule has 0 fully saturated rings. The van der Waals surface area contributed by atoms with Crippen molar-refractivity contribution in [2.75, 3.05) is 12.4 Å². The second-order valence-electron chi connectivity index (χ2n) is 5.91. The molecule has 0 heterocycles. The summed E-state index contributed by atoms with van der Waals surface area (Å²) in [6, 6.07) is 17.7. The van der Waals surface area contributed by atoms with Crippen molar-refractivity contribution in [2.45, 2.75) is 13.0 Å². The van der Waals surface area contributed by atoms with Crippen LogP contribution in [-0.2, 0) is 9.53 Å². The van der Waals surface area contributed by atoms with Crippen LogP contribution in [0, 0.1) is 0 Å². The minimum Gasteiger partial charge on any atom is -0.495 e. The van der Waals surface area contributed by atoms with E-state index in [1.807, 2.05) is 30.3 Å². The van der Waals surface area contributed by atoms with Crippen molar-refractivity contribution in [2.24, 2.45) is 0 Å². The number of rotatable bonds is 5. The fraction of sp³-hybridized carbons (Fsp3) is 0.143. The normalized spacial score (nSPS) is 11.7. The Bertz CT molecular complexity index is 997. The van der Waals surface area contributed by atoms with E-state index >= 15 is 0 Å². The standard InChI is InChI=1S/C21H18ClNO4/c1-13(20(24)23-18-12-15(22)10-11-19(18)26-2)27-21(25)17-9-5-7-14-6-3-4-8-16(14)17/h3-13H,1-2H3,(H,23,24)/t13-/m1/s1. The molecule has 138 valence electrons. The van der Waals surface area contributed by atoms with Gasteiger partial charge in [-0.1, -0.05) is 48.0 Å². The molecule has 1 N–H and O–H groups in total. The van der Waals surface area contributed by atoms with E-state index in [0.717, 1.165) is 10.8 Å². The first-order chi connectivity index (χ1) is 13.0. The smallest absolute Gasteiger partial charge is 0.339 e. The Kier molecular flexibility index (Phi) is 5.62. The molecule has 0 aliphatic carbocycles. The van der Waals surface area contributed by atoms with Crippen molar-refractivity contribution >= 4 is 39.9 Å². The van der Waals surface area contributed by atoms with Crippen LogP contribution < -0.4 is 10.1 Å². The highest BCUT2D eigenvalue weighted by Crippen LogP contribution is 2.28. The number of hydrogen-bond donors (Lipinski definition) is 1. The molecule has 3 aromatic carbocycles. The number of anilines is 1. The number of benzene rings is 3. The molecule has 1 amide bonds. The van der Waals surface area contributed by atoms with Gasteiger partial charge in [0.25, 0.3) is 5.91 Å². The van der Waals surface area contributed by atoms with Gasteiger partial charge in [-0.3, -0.25) is 4.79 Å². The molecule has 0 unspecified atom stereocenters. The molecule has 0 saturated heterocycles. The monoisotopic (exact) mass is 383 g/mol. The second-order valence-corrected chi connectivity index (χ2v) is 6.34. The number of halogens is 1. The quantitative estimate of drug-likeness (QED) is 0.649. The highest BCUT2D eigenvalue weighted by atomic mass is 35.5. The molecule has 3 aromatic rings. The fourth-order valence-electron chi connectivity index (χ4n) is 2.69. The van der Waals surface area contributed by atoms with Gasteiger partial charge in [0.1, 0.15) is 5.75 Å². The van der Waals surface area contributed by atoms with Gasteiger partial charge in [-0.15, -0.1) is 0 Å². The number of nitrogens with one attached hydrogen (secondary N) is 1. The van der Waals surface area contributed by atoms with Crippen LogP contribution in [0.2, 0.25) is 5.02 Å². The van der Waals surface area contributed by atoms with Gasteiger partial charge < -0.3 is 14.8 Å². The number of fused-ring (bicyclic) bond motifs is 1. The highest BCUT2D eigenvalue weighted by Gasteiger charge is 2.21. The van der Waals surface area contributed by atoms with E-state index < -0.39 is 18.0 Å². The summed E-state index contributed by atoms with van der Waals surface area (Å²) in [6.45, 7) is 1.51. The molecular formula is C21H18ClNO4. The zero-order valence-corrected chi connectivity index (χ0v) is 15.6. The van der Waals surface area contributed by atoms with Crippen molar-refractivity contribution in [1.29, 1.82) is 0 Å². The summed E-state index contributed by atoms with van der Waals surface area (Å²) in [5.74, 6) is -0.586. The van der Waals surface area contributed by atoms with E-state index in [1.54, 1.807) is 30.3 Å². The number of carbonyl (C=O) groups excluding carboxylic acids is 2. The first kappa shape index (κ1) is 18.7. The van der Waals surface area contributed by atoms with E-state index in [9.17, 15) is 9.59 Å². The largest absolute Gasteiger partial charge is 0.495 e. The topological polar surface area (TPSA) is 64.6 Å². The maximum absolute atomic E-state index is 12.6. The number of esters is 1. The van der Waals surface area contributed by atoms with E-state index in [2.05, 4.69) is 5.32 Å². The number of hydrogen-bond acceptors (Lipinski definition) is 4.